The molecule has 1 aromatic heterocycles. The fourth-order valence-electron chi connectivity index (χ4n) is 5.82. The molecule has 7 heteroatoms. The Morgan fingerprint density at radius 3 is 2.67 bits per heavy atom. The van der Waals surface area contributed by atoms with Crippen molar-refractivity contribution >= 4 is 22.8 Å². The Morgan fingerprint density at radius 2 is 1.85 bits per heavy atom. The number of ether oxygens (including phenoxy) is 1. The smallest absolute Gasteiger partial charge is 0.254 e. The molecule has 200 valence electrons. The van der Waals surface area contributed by atoms with E-state index in [-0.39, 0.29) is 17.9 Å². The van der Waals surface area contributed by atoms with Crippen molar-refractivity contribution < 1.29 is 14.3 Å². The summed E-state index contributed by atoms with van der Waals surface area (Å²) in [6.45, 7) is 5.36. The highest BCUT2D eigenvalue weighted by Crippen LogP contribution is 2.31. The van der Waals surface area contributed by atoms with Crippen LogP contribution in [0.5, 0.6) is 5.75 Å². The summed E-state index contributed by atoms with van der Waals surface area (Å²) in [5.41, 5.74) is 7.22. The van der Waals surface area contributed by atoms with Crippen molar-refractivity contribution in [1.82, 2.24) is 20.2 Å². The summed E-state index contributed by atoms with van der Waals surface area (Å²) in [5, 5.41) is 3.17. The number of aromatic amines is 1. The number of carbonyl (C=O) groups is 2. The van der Waals surface area contributed by atoms with Gasteiger partial charge in [-0.3, -0.25) is 9.59 Å². The number of amides is 2. The van der Waals surface area contributed by atoms with Crippen molar-refractivity contribution in [2.24, 2.45) is 0 Å². The lowest BCUT2D eigenvalue weighted by Crippen LogP contribution is -2.34. The molecule has 1 aliphatic heterocycles. The van der Waals surface area contributed by atoms with Gasteiger partial charge in [-0.1, -0.05) is 31.9 Å². The lowest BCUT2D eigenvalue weighted by molar-refractivity contribution is 0.0732. The quantitative estimate of drug-likeness (QED) is 0.346. The highest BCUT2D eigenvalue weighted by molar-refractivity contribution is 5.99. The minimum absolute atomic E-state index is 0.0362. The Bertz CT molecular complexity index is 1550. The number of H-pyrrole nitrogens is 1. The maximum Gasteiger partial charge on any atom is 0.254 e. The summed E-state index contributed by atoms with van der Waals surface area (Å²) in [7, 11) is 0. The Labute approximate surface area is 228 Å². The molecule has 2 aliphatic rings. The zero-order valence-electron chi connectivity index (χ0n) is 22.5. The molecule has 0 spiro atoms. The van der Waals surface area contributed by atoms with E-state index in [4.69, 9.17) is 4.74 Å². The van der Waals surface area contributed by atoms with Crippen molar-refractivity contribution in [3.8, 4) is 16.9 Å². The van der Waals surface area contributed by atoms with Crippen molar-refractivity contribution in [3.05, 3.63) is 82.7 Å². The van der Waals surface area contributed by atoms with E-state index in [1.54, 1.807) is 6.07 Å². The van der Waals surface area contributed by atoms with Crippen LogP contribution in [-0.2, 0) is 13.0 Å². The zero-order valence-corrected chi connectivity index (χ0v) is 22.5. The monoisotopic (exact) mass is 522 g/mol. The number of benzene rings is 3. The number of nitrogens with zero attached hydrogens (tertiary/aromatic N) is 2. The molecule has 0 saturated heterocycles. The lowest BCUT2D eigenvalue weighted by atomic mass is 9.99. The second-order valence-electron chi connectivity index (χ2n) is 10.6. The van der Waals surface area contributed by atoms with Crippen LogP contribution in [0.3, 0.4) is 0 Å². The molecule has 0 radical (unpaired) electrons. The van der Waals surface area contributed by atoms with E-state index in [1.807, 2.05) is 43.0 Å². The van der Waals surface area contributed by atoms with E-state index >= 15 is 0 Å². The highest BCUT2D eigenvalue weighted by Gasteiger charge is 2.24. The molecule has 4 aromatic rings. The first-order valence-corrected chi connectivity index (χ1v) is 13.9. The fourth-order valence-corrected chi connectivity index (χ4v) is 5.82. The van der Waals surface area contributed by atoms with Crippen LogP contribution in [0.4, 0.5) is 0 Å². The summed E-state index contributed by atoms with van der Waals surface area (Å²) in [6.07, 6.45) is 5.11. The van der Waals surface area contributed by atoms with Gasteiger partial charge in [-0.2, -0.15) is 0 Å². The third-order valence-electron chi connectivity index (χ3n) is 7.93. The highest BCUT2D eigenvalue weighted by atomic mass is 16.5. The van der Waals surface area contributed by atoms with Crippen LogP contribution in [0.15, 0.2) is 54.6 Å². The van der Waals surface area contributed by atoms with Gasteiger partial charge in [-0.15, -0.1) is 0 Å². The lowest BCUT2D eigenvalue weighted by Gasteiger charge is -2.21. The van der Waals surface area contributed by atoms with Gasteiger partial charge in [0.25, 0.3) is 11.8 Å². The third kappa shape index (κ3) is 5.13. The number of rotatable bonds is 5. The van der Waals surface area contributed by atoms with E-state index in [0.29, 0.717) is 37.2 Å². The van der Waals surface area contributed by atoms with E-state index < -0.39 is 0 Å². The van der Waals surface area contributed by atoms with Crippen LogP contribution in [0.2, 0.25) is 0 Å². The first-order chi connectivity index (χ1) is 19.0. The summed E-state index contributed by atoms with van der Waals surface area (Å²) < 4.78 is 6.02. The Balaban J connectivity index is 1.23. The largest absolute Gasteiger partial charge is 0.491 e. The second kappa shape index (κ2) is 10.6. The van der Waals surface area contributed by atoms with Gasteiger partial charge in [0.2, 0.25) is 0 Å². The van der Waals surface area contributed by atoms with Gasteiger partial charge in [0.05, 0.1) is 17.6 Å². The van der Waals surface area contributed by atoms with Crippen molar-refractivity contribution in [1.29, 1.82) is 0 Å². The SMILES string of the molecule is CCc1cc(C(=O)N2CCOc3ccc(-c4ccc5nc(C)[nH]c5c4)cc3C2)ccc1C(=O)NC1CCCC1. The molecule has 1 fully saturated rings. The van der Waals surface area contributed by atoms with Gasteiger partial charge in [0.15, 0.2) is 0 Å². The Kier molecular flexibility index (Phi) is 6.81. The first kappa shape index (κ1) is 25.2. The van der Waals surface area contributed by atoms with Gasteiger partial charge in [-0.25, -0.2) is 4.98 Å². The molecule has 39 heavy (non-hydrogen) atoms. The molecule has 0 atom stereocenters. The molecule has 0 unspecified atom stereocenters. The molecular formula is C32H34N4O3. The van der Waals surface area contributed by atoms with Crippen LogP contribution >= 0.6 is 0 Å². The van der Waals surface area contributed by atoms with Gasteiger partial charge < -0.3 is 19.9 Å². The molecular weight excluding hydrogens is 488 g/mol. The number of hydrogen-bond donors (Lipinski definition) is 2. The molecule has 3 aromatic carbocycles. The van der Waals surface area contributed by atoms with Crippen LogP contribution in [0.25, 0.3) is 22.2 Å². The van der Waals surface area contributed by atoms with Crippen LogP contribution < -0.4 is 10.1 Å². The number of aryl methyl sites for hydroxylation is 2. The average molecular weight is 523 g/mol. The molecule has 6 rings (SSSR count). The summed E-state index contributed by atoms with van der Waals surface area (Å²) in [6, 6.07) is 18.1. The van der Waals surface area contributed by atoms with Crippen LogP contribution in [0, 0.1) is 6.92 Å². The first-order valence-electron chi connectivity index (χ1n) is 13.9. The minimum Gasteiger partial charge on any atom is -0.491 e. The number of carbonyl (C=O) groups excluding carboxylic acids is 2. The predicted molar refractivity (Wildman–Crippen MR) is 152 cm³/mol. The number of imidazole rings is 1. The molecule has 7 nitrogen and oxygen atoms in total. The van der Waals surface area contributed by atoms with Crippen molar-refractivity contribution in [3.63, 3.8) is 0 Å². The standard InChI is InChI=1S/C32H34N4O3/c1-3-21-16-24(8-11-27(21)31(37)35-26-6-4-5-7-26)32(38)36-14-15-39-30-13-10-22(17-25(30)19-36)23-9-12-28-29(18-23)34-20(2)33-28/h8-13,16-18,26H,3-7,14-15,19H2,1-2H3,(H,33,34)(H,35,37). The summed E-state index contributed by atoms with van der Waals surface area (Å²) in [5.74, 6) is 1.61. The number of nitrogens with one attached hydrogen (secondary N) is 2. The Morgan fingerprint density at radius 1 is 1.05 bits per heavy atom. The second-order valence-corrected chi connectivity index (χ2v) is 10.6. The maximum atomic E-state index is 13.7. The van der Waals surface area contributed by atoms with E-state index in [9.17, 15) is 9.59 Å². The van der Waals surface area contributed by atoms with Crippen molar-refractivity contribution in [2.75, 3.05) is 13.2 Å². The van der Waals surface area contributed by atoms with E-state index in [0.717, 1.165) is 57.7 Å². The molecule has 0 bridgehead atoms. The molecule has 1 saturated carbocycles. The van der Waals surface area contributed by atoms with Gasteiger partial charge >= 0.3 is 0 Å². The van der Waals surface area contributed by atoms with Gasteiger partial charge in [-0.05, 0) is 85.3 Å². The predicted octanol–water partition coefficient (Wildman–Crippen LogP) is 5.81. The van der Waals surface area contributed by atoms with Gasteiger partial charge in [0.1, 0.15) is 18.2 Å². The van der Waals surface area contributed by atoms with Gasteiger partial charge in [0, 0.05) is 29.3 Å². The fraction of sp³-hybridized carbons (Fsp3) is 0.344. The molecule has 1 aliphatic carbocycles. The number of hydrogen-bond acceptors (Lipinski definition) is 4. The van der Waals surface area contributed by atoms with E-state index in [1.165, 1.54) is 12.8 Å². The topological polar surface area (TPSA) is 87.3 Å². The normalized spacial score (nSPS) is 15.6. The Hall–Kier alpha value is -4.13. The van der Waals surface area contributed by atoms with Crippen LogP contribution in [0.1, 0.15) is 70.3 Å². The minimum atomic E-state index is -0.0522. The molecule has 2 heterocycles. The molecule has 2 amide bonds. The zero-order chi connectivity index (χ0) is 26.9. The van der Waals surface area contributed by atoms with Crippen molar-refractivity contribution in [2.45, 2.75) is 58.5 Å². The summed E-state index contributed by atoms with van der Waals surface area (Å²) in [4.78, 5) is 36.2. The number of fused-ring (bicyclic) bond motifs is 2. The third-order valence-corrected chi connectivity index (χ3v) is 7.93. The summed E-state index contributed by atoms with van der Waals surface area (Å²) >= 11 is 0. The van der Waals surface area contributed by atoms with E-state index in [2.05, 4.69) is 39.6 Å². The average Bonchev–Trinajstić information content (AvgIpc) is 3.54. The number of aromatic nitrogens is 2. The van der Waals surface area contributed by atoms with Crippen LogP contribution in [-0.4, -0.2) is 45.9 Å². The molecule has 2 N–H and O–H groups in total. The maximum absolute atomic E-state index is 13.7.